The zero-order valence-electron chi connectivity index (χ0n) is 9.61. The molecule has 2 rings (SSSR count). The highest BCUT2D eigenvalue weighted by Gasteiger charge is 2.15. The van der Waals surface area contributed by atoms with Gasteiger partial charge in [0.2, 0.25) is 0 Å². The normalized spacial score (nSPS) is 17.8. The van der Waals surface area contributed by atoms with Crippen LogP contribution < -0.4 is 11.3 Å². The minimum Gasteiger partial charge on any atom is -0.307 e. The number of amidine groups is 1. The number of nitrogens with two attached hydrogens (primary N) is 1. The summed E-state index contributed by atoms with van der Waals surface area (Å²) in [6.07, 6.45) is 4.87. The number of pyridine rings is 1. The fraction of sp³-hybridized carbons (Fsp3) is 0.500. The summed E-state index contributed by atoms with van der Waals surface area (Å²) in [5, 5.41) is 0. The molecule has 1 heterocycles. The van der Waals surface area contributed by atoms with E-state index in [1.54, 1.807) is 0 Å². The van der Waals surface area contributed by atoms with E-state index in [2.05, 4.69) is 15.4 Å². The molecule has 4 nitrogen and oxygen atoms in total. The Balaban J connectivity index is 2.21. The maximum atomic E-state index is 5.51. The van der Waals surface area contributed by atoms with Crippen LogP contribution in [0.4, 0.5) is 0 Å². The second kappa shape index (κ2) is 5.07. The molecule has 0 bridgehead atoms. The number of hydrogen-bond acceptors (Lipinski definition) is 3. The minimum absolute atomic E-state index is 0.411. The molecule has 1 fully saturated rings. The van der Waals surface area contributed by atoms with Crippen molar-refractivity contribution in [3.63, 3.8) is 0 Å². The van der Waals surface area contributed by atoms with Gasteiger partial charge in [-0.2, -0.15) is 0 Å². The van der Waals surface area contributed by atoms with Gasteiger partial charge in [0, 0.05) is 5.69 Å². The SMILES string of the molecule is Cc1cccc(C(=NC2CCCC2)NN)n1. The molecule has 1 aliphatic rings. The first kappa shape index (κ1) is 11.1. The van der Waals surface area contributed by atoms with E-state index in [1.165, 1.54) is 12.8 Å². The van der Waals surface area contributed by atoms with E-state index >= 15 is 0 Å². The predicted octanol–water partition coefficient (Wildman–Crippen LogP) is 1.54. The molecule has 0 saturated heterocycles. The zero-order valence-corrected chi connectivity index (χ0v) is 9.61. The van der Waals surface area contributed by atoms with Crippen molar-refractivity contribution in [3.8, 4) is 0 Å². The van der Waals surface area contributed by atoms with Gasteiger partial charge >= 0.3 is 0 Å². The van der Waals surface area contributed by atoms with Crippen LogP contribution in [0.2, 0.25) is 0 Å². The number of aliphatic imine (C=N–C) groups is 1. The van der Waals surface area contributed by atoms with Gasteiger partial charge in [-0.25, -0.2) is 10.8 Å². The maximum Gasteiger partial charge on any atom is 0.161 e. The number of aromatic nitrogens is 1. The van der Waals surface area contributed by atoms with Gasteiger partial charge in [0.25, 0.3) is 0 Å². The molecule has 0 aromatic carbocycles. The Morgan fingerprint density at radius 2 is 2.19 bits per heavy atom. The van der Waals surface area contributed by atoms with E-state index in [-0.39, 0.29) is 0 Å². The van der Waals surface area contributed by atoms with Crippen LogP contribution in [0.1, 0.15) is 37.1 Å². The quantitative estimate of drug-likeness (QED) is 0.342. The van der Waals surface area contributed by atoms with Crippen LogP contribution in [0.5, 0.6) is 0 Å². The van der Waals surface area contributed by atoms with Gasteiger partial charge < -0.3 is 5.43 Å². The van der Waals surface area contributed by atoms with Gasteiger partial charge in [0.15, 0.2) is 5.84 Å². The topological polar surface area (TPSA) is 63.3 Å². The molecule has 0 radical (unpaired) electrons. The van der Waals surface area contributed by atoms with Gasteiger partial charge in [-0.15, -0.1) is 0 Å². The molecule has 16 heavy (non-hydrogen) atoms. The maximum absolute atomic E-state index is 5.51. The fourth-order valence-corrected chi connectivity index (χ4v) is 2.07. The first-order chi connectivity index (χ1) is 7.79. The summed E-state index contributed by atoms with van der Waals surface area (Å²) in [5.41, 5.74) is 4.47. The van der Waals surface area contributed by atoms with Gasteiger partial charge in [0.1, 0.15) is 5.69 Å². The Morgan fingerprint density at radius 3 is 2.81 bits per heavy atom. The summed E-state index contributed by atoms with van der Waals surface area (Å²) in [4.78, 5) is 9.04. The standard InChI is InChI=1S/C12H18N4/c1-9-5-4-8-11(14-9)12(16-13)15-10-6-2-3-7-10/h4-5,8,10H,2-3,6-7,13H2,1H3,(H,15,16). The van der Waals surface area contributed by atoms with Crippen LogP contribution in [-0.2, 0) is 0 Å². The largest absolute Gasteiger partial charge is 0.307 e. The van der Waals surface area contributed by atoms with Crippen LogP contribution >= 0.6 is 0 Å². The molecule has 86 valence electrons. The minimum atomic E-state index is 0.411. The van der Waals surface area contributed by atoms with E-state index in [1.807, 2.05) is 25.1 Å². The molecule has 1 saturated carbocycles. The van der Waals surface area contributed by atoms with Crippen molar-refractivity contribution in [3.05, 3.63) is 29.6 Å². The third-order valence-corrected chi connectivity index (χ3v) is 2.90. The third kappa shape index (κ3) is 2.58. The molecule has 1 aromatic heterocycles. The summed E-state index contributed by atoms with van der Waals surface area (Å²) in [7, 11) is 0. The number of nitrogens with zero attached hydrogens (tertiary/aromatic N) is 2. The van der Waals surface area contributed by atoms with Gasteiger partial charge in [-0.1, -0.05) is 18.9 Å². The smallest absolute Gasteiger partial charge is 0.161 e. The van der Waals surface area contributed by atoms with Gasteiger partial charge in [-0.05, 0) is 31.9 Å². The van der Waals surface area contributed by atoms with Gasteiger partial charge in [-0.3, -0.25) is 4.99 Å². The number of hydrogen-bond donors (Lipinski definition) is 2. The molecule has 0 amide bonds. The van der Waals surface area contributed by atoms with E-state index in [0.29, 0.717) is 11.9 Å². The number of rotatable bonds is 2. The molecular weight excluding hydrogens is 200 g/mol. The van der Waals surface area contributed by atoms with Crippen LogP contribution in [0, 0.1) is 6.92 Å². The number of aryl methyl sites for hydroxylation is 1. The molecular formula is C12H18N4. The van der Waals surface area contributed by atoms with Crippen molar-refractivity contribution in [1.29, 1.82) is 0 Å². The lowest BCUT2D eigenvalue weighted by Gasteiger charge is -2.09. The van der Waals surface area contributed by atoms with Crippen LogP contribution in [-0.4, -0.2) is 16.9 Å². The Labute approximate surface area is 96.0 Å². The molecule has 4 heteroatoms. The van der Waals surface area contributed by atoms with Crippen molar-refractivity contribution < 1.29 is 0 Å². The molecule has 1 aromatic rings. The van der Waals surface area contributed by atoms with Crippen molar-refractivity contribution in [2.45, 2.75) is 38.6 Å². The lowest BCUT2D eigenvalue weighted by Crippen LogP contribution is -2.33. The van der Waals surface area contributed by atoms with E-state index < -0.39 is 0 Å². The molecule has 0 spiro atoms. The highest BCUT2D eigenvalue weighted by atomic mass is 15.3. The monoisotopic (exact) mass is 218 g/mol. The highest BCUT2D eigenvalue weighted by molar-refractivity contribution is 5.96. The van der Waals surface area contributed by atoms with E-state index in [0.717, 1.165) is 24.2 Å². The Hall–Kier alpha value is -1.42. The first-order valence-corrected chi connectivity index (χ1v) is 5.78. The Kier molecular flexibility index (Phi) is 3.51. The zero-order chi connectivity index (χ0) is 11.4. The number of hydrazine groups is 1. The highest BCUT2D eigenvalue weighted by Crippen LogP contribution is 2.21. The van der Waals surface area contributed by atoms with Crippen LogP contribution in [0.15, 0.2) is 23.2 Å². The van der Waals surface area contributed by atoms with Gasteiger partial charge in [0.05, 0.1) is 6.04 Å². The van der Waals surface area contributed by atoms with E-state index in [9.17, 15) is 0 Å². The third-order valence-electron chi connectivity index (χ3n) is 2.90. The average Bonchev–Trinajstić information content (AvgIpc) is 2.78. The van der Waals surface area contributed by atoms with Crippen molar-refractivity contribution in [2.75, 3.05) is 0 Å². The lowest BCUT2D eigenvalue weighted by molar-refractivity contribution is 0.700. The summed E-state index contributed by atoms with van der Waals surface area (Å²) in [6, 6.07) is 6.28. The predicted molar refractivity (Wildman–Crippen MR) is 65.1 cm³/mol. The summed E-state index contributed by atoms with van der Waals surface area (Å²) >= 11 is 0. The molecule has 0 unspecified atom stereocenters. The summed E-state index contributed by atoms with van der Waals surface area (Å²) in [6.45, 7) is 1.97. The van der Waals surface area contributed by atoms with E-state index in [4.69, 9.17) is 5.84 Å². The molecule has 1 aliphatic carbocycles. The Morgan fingerprint density at radius 1 is 1.44 bits per heavy atom. The summed E-state index contributed by atoms with van der Waals surface area (Å²) < 4.78 is 0. The van der Waals surface area contributed by atoms with Crippen molar-refractivity contribution >= 4 is 5.84 Å². The lowest BCUT2D eigenvalue weighted by atomic mass is 10.2. The van der Waals surface area contributed by atoms with Crippen molar-refractivity contribution in [1.82, 2.24) is 10.4 Å². The molecule has 0 aliphatic heterocycles. The summed E-state index contributed by atoms with van der Waals surface area (Å²) in [5.74, 6) is 6.22. The van der Waals surface area contributed by atoms with Crippen LogP contribution in [0.3, 0.4) is 0 Å². The first-order valence-electron chi connectivity index (χ1n) is 5.78. The fourth-order valence-electron chi connectivity index (χ4n) is 2.07. The van der Waals surface area contributed by atoms with Crippen molar-refractivity contribution in [2.24, 2.45) is 10.8 Å². The second-order valence-corrected chi connectivity index (χ2v) is 4.22. The second-order valence-electron chi connectivity index (χ2n) is 4.22. The average molecular weight is 218 g/mol. The van der Waals surface area contributed by atoms with Crippen LogP contribution in [0.25, 0.3) is 0 Å². The molecule has 3 N–H and O–H groups in total. The number of nitrogens with one attached hydrogen (secondary N) is 1. The molecule has 0 atom stereocenters. The Bertz CT molecular complexity index is 380.